The molecule has 10 heteroatoms. The number of carbonyl (C=O) groups is 1. The molecule has 2 aromatic rings. The lowest BCUT2D eigenvalue weighted by molar-refractivity contribution is -0.114. The Morgan fingerprint density at radius 1 is 1.34 bits per heavy atom. The Morgan fingerprint density at radius 3 is 2.79 bits per heavy atom. The van der Waals surface area contributed by atoms with E-state index in [2.05, 4.69) is 25.6 Å². The van der Waals surface area contributed by atoms with Gasteiger partial charge in [-0.15, -0.1) is 0 Å². The topological polar surface area (TPSA) is 98.3 Å². The van der Waals surface area contributed by atoms with E-state index in [9.17, 15) is 13.6 Å². The smallest absolute Gasteiger partial charge is 0.303 e. The van der Waals surface area contributed by atoms with E-state index in [1.165, 1.54) is 19.2 Å². The summed E-state index contributed by atoms with van der Waals surface area (Å²) in [5.74, 6) is -3.20. The predicted octanol–water partition coefficient (Wildman–Crippen LogP) is 3.55. The number of ether oxygens (including phenoxy) is 2. The van der Waals surface area contributed by atoms with Gasteiger partial charge in [-0.3, -0.25) is 4.79 Å². The fourth-order valence-electron chi connectivity index (χ4n) is 2.83. The average Bonchev–Trinajstić information content (AvgIpc) is 3.13. The molecule has 2 aromatic heterocycles. The van der Waals surface area contributed by atoms with Crippen molar-refractivity contribution >= 4 is 23.2 Å². The largest absolute Gasteiger partial charge is 0.487 e. The highest BCUT2D eigenvalue weighted by Gasteiger charge is 2.29. The Labute approximate surface area is 167 Å². The highest BCUT2D eigenvalue weighted by atomic mass is 19.3. The second-order valence-corrected chi connectivity index (χ2v) is 6.92. The Hall–Kier alpha value is -2.88. The number of anilines is 3. The summed E-state index contributed by atoms with van der Waals surface area (Å²) in [6.45, 7) is 4.74. The number of nitrogens with zero attached hydrogens (tertiary/aromatic N) is 3. The van der Waals surface area contributed by atoms with E-state index >= 15 is 0 Å². The van der Waals surface area contributed by atoms with Crippen LogP contribution in [-0.4, -0.2) is 40.2 Å². The highest BCUT2D eigenvalue weighted by Crippen LogP contribution is 2.31. The second-order valence-electron chi connectivity index (χ2n) is 6.92. The van der Waals surface area contributed by atoms with E-state index in [0.717, 1.165) is 19.8 Å². The van der Waals surface area contributed by atoms with Gasteiger partial charge in [0, 0.05) is 38.3 Å². The number of halogens is 2. The third-order valence-electron chi connectivity index (χ3n) is 4.13. The Morgan fingerprint density at radius 2 is 2.14 bits per heavy atom. The molecule has 2 N–H and O–H groups in total. The summed E-state index contributed by atoms with van der Waals surface area (Å²) in [6, 6.07) is 3.09. The number of rotatable bonds is 7. The zero-order valence-electron chi connectivity index (χ0n) is 16.5. The quantitative estimate of drug-likeness (QED) is 0.724. The number of nitrogens with one attached hydrogen (secondary N) is 2. The molecule has 1 fully saturated rings. The van der Waals surface area contributed by atoms with Crippen LogP contribution in [0.4, 0.5) is 26.1 Å². The number of aromatic nitrogens is 3. The third kappa shape index (κ3) is 5.80. The molecule has 156 valence electrons. The van der Waals surface area contributed by atoms with E-state index in [4.69, 9.17) is 9.47 Å². The van der Waals surface area contributed by atoms with Gasteiger partial charge < -0.3 is 20.1 Å². The van der Waals surface area contributed by atoms with Crippen molar-refractivity contribution in [1.82, 2.24) is 15.0 Å². The van der Waals surface area contributed by atoms with Crippen molar-refractivity contribution in [2.45, 2.75) is 45.6 Å². The van der Waals surface area contributed by atoms with Gasteiger partial charge in [0.25, 0.3) is 0 Å². The molecule has 1 aliphatic heterocycles. The summed E-state index contributed by atoms with van der Waals surface area (Å²) >= 11 is 0. The van der Waals surface area contributed by atoms with Crippen LogP contribution in [0.5, 0.6) is 5.75 Å². The zero-order valence-corrected chi connectivity index (χ0v) is 16.5. The molecule has 0 aliphatic carbocycles. The fourth-order valence-corrected chi connectivity index (χ4v) is 2.83. The van der Waals surface area contributed by atoms with Crippen LogP contribution in [0.15, 0.2) is 18.3 Å². The molecule has 1 aliphatic rings. The maximum atomic E-state index is 13.7. The number of aryl methyl sites for hydroxylation is 1. The summed E-state index contributed by atoms with van der Waals surface area (Å²) in [5, 5.41) is 5.55. The van der Waals surface area contributed by atoms with Crippen molar-refractivity contribution < 1.29 is 23.0 Å². The Bertz CT molecular complexity index is 883. The normalized spacial score (nSPS) is 16.5. The van der Waals surface area contributed by atoms with Crippen molar-refractivity contribution in [3.05, 3.63) is 29.8 Å². The van der Waals surface area contributed by atoms with Crippen LogP contribution in [0.3, 0.4) is 0 Å². The molecular formula is C19H23F2N5O3. The predicted molar refractivity (Wildman–Crippen MR) is 103 cm³/mol. The lowest BCUT2D eigenvalue weighted by Crippen LogP contribution is -2.17. The molecule has 1 amide bonds. The van der Waals surface area contributed by atoms with Gasteiger partial charge in [-0.2, -0.15) is 8.78 Å². The van der Waals surface area contributed by atoms with Crippen LogP contribution in [0.1, 0.15) is 38.2 Å². The maximum absolute atomic E-state index is 13.7. The van der Waals surface area contributed by atoms with E-state index in [1.54, 1.807) is 13.0 Å². The van der Waals surface area contributed by atoms with E-state index in [1.807, 2.05) is 0 Å². The molecule has 0 unspecified atom stereocenters. The van der Waals surface area contributed by atoms with Crippen molar-refractivity contribution in [1.29, 1.82) is 0 Å². The van der Waals surface area contributed by atoms with Crippen LogP contribution in [-0.2, 0) is 15.5 Å². The number of alkyl halides is 2. The molecule has 0 saturated carbocycles. The highest BCUT2D eigenvalue weighted by molar-refractivity contribution is 5.88. The molecule has 1 saturated heterocycles. The second kappa shape index (κ2) is 8.64. The van der Waals surface area contributed by atoms with Crippen LogP contribution < -0.4 is 15.4 Å². The molecule has 0 aromatic carbocycles. The summed E-state index contributed by atoms with van der Waals surface area (Å²) in [6.07, 6.45) is 3.32. The minimum absolute atomic E-state index is 0.00967. The molecule has 0 spiro atoms. The summed E-state index contributed by atoms with van der Waals surface area (Å²) in [7, 11) is 0. The number of carbonyl (C=O) groups excluding carboxylic acids is 1. The standard InChI is InChI=1S/C19H23F2N5O3/c1-11-7-17(26-18(23-11)19(3,20)21)25-14-8-16(24-12(2)27)22-9-15(14)29-10-13-5-4-6-28-13/h7-9,13H,4-6,10H2,1-3H3,(H2,22,23,24,25,26,27)/t13-/m0/s1. The van der Waals surface area contributed by atoms with Crippen molar-refractivity contribution in [2.24, 2.45) is 0 Å². The molecule has 3 heterocycles. The fraction of sp³-hybridized carbons (Fsp3) is 0.474. The van der Waals surface area contributed by atoms with E-state index in [0.29, 0.717) is 30.3 Å². The number of amides is 1. The van der Waals surface area contributed by atoms with Gasteiger partial charge in [0.15, 0.2) is 5.75 Å². The monoisotopic (exact) mass is 407 g/mol. The minimum atomic E-state index is -3.18. The lowest BCUT2D eigenvalue weighted by atomic mass is 10.2. The van der Waals surface area contributed by atoms with E-state index in [-0.39, 0.29) is 23.6 Å². The van der Waals surface area contributed by atoms with Crippen LogP contribution >= 0.6 is 0 Å². The molecular weight excluding hydrogens is 384 g/mol. The Kier molecular flexibility index (Phi) is 6.21. The molecule has 8 nitrogen and oxygen atoms in total. The van der Waals surface area contributed by atoms with Gasteiger partial charge in [0.2, 0.25) is 11.7 Å². The van der Waals surface area contributed by atoms with Gasteiger partial charge in [0.1, 0.15) is 18.2 Å². The third-order valence-corrected chi connectivity index (χ3v) is 4.13. The first kappa shape index (κ1) is 20.8. The van der Waals surface area contributed by atoms with Crippen LogP contribution in [0.2, 0.25) is 0 Å². The number of pyridine rings is 1. The molecule has 3 rings (SSSR count). The van der Waals surface area contributed by atoms with Crippen molar-refractivity contribution in [3.63, 3.8) is 0 Å². The zero-order chi connectivity index (χ0) is 21.0. The lowest BCUT2D eigenvalue weighted by Gasteiger charge is -2.17. The van der Waals surface area contributed by atoms with Crippen LogP contribution in [0, 0.1) is 6.92 Å². The van der Waals surface area contributed by atoms with Crippen molar-refractivity contribution in [3.8, 4) is 5.75 Å². The average molecular weight is 407 g/mol. The summed E-state index contributed by atoms with van der Waals surface area (Å²) in [4.78, 5) is 23.2. The van der Waals surface area contributed by atoms with Crippen molar-refractivity contribution in [2.75, 3.05) is 23.8 Å². The molecule has 29 heavy (non-hydrogen) atoms. The molecule has 0 radical (unpaired) electrons. The van der Waals surface area contributed by atoms with Gasteiger partial charge in [-0.1, -0.05) is 0 Å². The number of hydrogen-bond donors (Lipinski definition) is 2. The first-order valence-electron chi connectivity index (χ1n) is 9.24. The van der Waals surface area contributed by atoms with E-state index < -0.39 is 11.7 Å². The number of hydrogen-bond acceptors (Lipinski definition) is 7. The minimum Gasteiger partial charge on any atom is -0.487 e. The van der Waals surface area contributed by atoms with Gasteiger partial charge in [0.05, 0.1) is 18.0 Å². The maximum Gasteiger partial charge on any atom is 0.303 e. The van der Waals surface area contributed by atoms with Gasteiger partial charge >= 0.3 is 5.92 Å². The first-order valence-corrected chi connectivity index (χ1v) is 9.24. The SMILES string of the molecule is CC(=O)Nc1cc(Nc2cc(C)nc(C(C)(F)F)n2)c(OC[C@@H]2CCCO2)cn1. The van der Waals surface area contributed by atoms with Gasteiger partial charge in [-0.05, 0) is 19.8 Å². The summed E-state index contributed by atoms with van der Waals surface area (Å²) in [5.41, 5.74) is 0.808. The summed E-state index contributed by atoms with van der Waals surface area (Å²) < 4.78 is 38.7. The Balaban J connectivity index is 1.88. The van der Waals surface area contributed by atoms with Crippen LogP contribution in [0.25, 0.3) is 0 Å². The first-order chi connectivity index (χ1) is 13.7. The van der Waals surface area contributed by atoms with Gasteiger partial charge in [-0.25, -0.2) is 15.0 Å². The molecule has 0 bridgehead atoms. The molecule has 1 atom stereocenters.